The maximum absolute atomic E-state index is 11.3. The Morgan fingerprint density at radius 1 is 0.925 bits per heavy atom. The second-order valence-corrected chi connectivity index (χ2v) is 9.88. The predicted octanol–water partition coefficient (Wildman–Crippen LogP) is 7.32. The number of nitrogens with one attached hydrogen (secondary N) is 1. The number of carbonyl (C=O) groups is 1. The number of aryl methyl sites for hydroxylation is 1. The van der Waals surface area contributed by atoms with Crippen molar-refractivity contribution in [3.05, 3.63) is 132 Å². The van der Waals surface area contributed by atoms with Crippen molar-refractivity contribution < 1.29 is 19.1 Å². The minimum Gasteiger partial charge on any atom is -0.478 e. The average molecular weight is 548 g/mol. The number of aromatic carboxylic acids is 1. The molecule has 0 aliphatic carbocycles. The van der Waals surface area contributed by atoms with Gasteiger partial charge in [-0.2, -0.15) is 0 Å². The highest BCUT2D eigenvalue weighted by molar-refractivity contribution is 7.80. The molecule has 7 nitrogen and oxygen atoms in total. The number of hydrogen-bond donors (Lipinski definition) is 2. The van der Waals surface area contributed by atoms with Gasteiger partial charge >= 0.3 is 5.97 Å². The summed E-state index contributed by atoms with van der Waals surface area (Å²) in [7, 11) is 0. The van der Waals surface area contributed by atoms with Crippen LogP contribution in [0.25, 0.3) is 11.3 Å². The molecule has 5 aromatic rings. The summed E-state index contributed by atoms with van der Waals surface area (Å²) < 4.78 is 12.4. The molecular formula is C32H25N3O4S. The number of rotatable bonds is 7. The summed E-state index contributed by atoms with van der Waals surface area (Å²) in [5.74, 6) is 1.84. The fourth-order valence-corrected chi connectivity index (χ4v) is 5.13. The van der Waals surface area contributed by atoms with Crippen LogP contribution in [0.15, 0.2) is 114 Å². The number of carboxylic acid groups (broad SMARTS) is 1. The van der Waals surface area contributed by atoms with Gasteiger partial charge in [0.15, 0.2) is 5.11 Å². The number of benzene rings is 3. The normalized spacial score (nSPS) is 16.5. The molecule has 0 radical (unpaired) electrons. The Labute approximate surface area is 236 Å². The van der Waals surface area contributed by atoms with Crippen LogP contribution in [0.1, 0.15) is 39.5 Å². The number of aromatic nitrogens is 1. The maximum Gasteiger partial charge on any atom is 0.335 e. The average Bonchev–Trinajstić information content (AvgIpc) is 3.60. The van der Waals surface area contributed by atoms with E-state index in [-0.39, 0.29) is 17.6 Å². The fourth-order valence-electron chi connectivity index (χ4n) is 4.78. The van der Waals surface area contributed by atoms with Crippen LogP contribution in [0.3, 0.4) is 0 Å². The third-order valence-corrected chi connectivity index (χ3v) is 7.12. The minimum atomic E-state index is -0.971. The van der Waals surface area contributed by atoms with Gasteiger partial charge in [0.05, 0.1) is 17.3 Å². The first-order valence-electron chi connectivity index (χ1n) is 12.7. The number of thiocarbonyl (C=S) groups is 1. The van der Waals surface area contributed by atoms with Gasteiger partial charge in [-0.05, 0) is 91.9 Å². The highest BCUT2D eigenvalue weighted by Gasteiger charge is 2.42. The lowest BCUT2D eigenvalue weighted by Gasteiger charge is -2.26. The third-order valence-electron chi connectivity index (χ3n) is 6.80. The smallest absolute Gasteiger partial charge is 0.335 e. The van der Waals surface area contributed by atoms with Gasteiger partial charge in [0, 0.05) is 17.4 Å². The van der Waals surface area contributed by atoms with Crippen LogP contribution in [0.4, 0.5) is 5.69 Å². The minimum absolute atomic E-state index is 0.220. The molecule has 0 saturated carbocycles. The van der Waals surface area contributed by atoms with E-state index < -0.39 is 5.97 Å². The molecule has 3 aromatic carbocycles. The molecule has 198 valence electrons. The predicted molar refractivity (Wildman–Crippen MR) is 157 cm³/mol. The van der Waals surface area contributed by atoms with E-state index in [1.165, 1.54) is 5.56 Å². The van der Waals surface area contributed by atoms with Crippen LogP contribution in [0.5, 0.6) is 11.5 Å². The van der Waals surface area contributed by atoms with Crippen LogP contribution in [-0.4, -0.2) is 21.2 Å². The Hall–Kier alpha value is -4.95. The number of anilines is 1. The topological polar surface area (TPSA) is 87.8 Å². The molecule has 6 rings (SSSR count). The van der Waals surface area contributed by atoms with Gasteiger partial charge in [0.1, 0.15) is 29.1 Å². The summed E-state index contributed by atoms with van der Waals surface area (Å²) in [5, 5.41) is 13.2. The molecule has 0 spiro atoms. The molecule has 3 heterocycles. The highest BCUT2D eigenvalue weighted by Crippen LogP contribution is 2.43. The van der Waals surface area contributed by atoms with E-state index in [4.69, 9.17) is 21.4 Å². The van der Waals surface area contributed by atoms with Crippen molar-refractivity contribution in [1.29, 1.82) is 0 Å². The molecule has 40 heavy (non-hydrogen) atoms. The van der Waals surface area contributed by atoms with Crippen molar-refractivity contribution in [3.63, 3.8) is 0 Å². The van der Waals surface area contributed by atoms with Gasteiger partial charge in [-0.3, -0.25) is 4.98 Å². The largest absolute Gasteiger partial charge is 0.478 e. The number of pyridine rings is 1. The second kappa shape index (κ2) is 10.7. The summed E-state index contributed by atoms with van der Waals surface area (Å²) in [6.07, 6.45) is 1.76. The standard InChI is InChI=1S/C32H25N3O4S/c1-20-5-13-24(14-6-20)38-25-15-11-23(12-16-25)35-30(29(34-32(35)40)26-4-2-3-19-33-26)28-18-17-27(39-28)21-7-9-22(10-8-21)31(36)37/h2-19,29-30H,1H3,(H,34,40)(H,36,37)/t29-,30+/m0/s1. The fraction of sp³-hybridized carbons (Fsp3) is 0.0938. The van der Waals surface area contributed by atoms with Gasteiger partial charge < -0.3 is 24.5 Å². The van der Waals surface area contributed by atoms with Crippen molar-refractivity contribution in [3.8, 4) is 22.8 Å². The van der Waals surface area contributed by atoms with Gasteiger partial charge in [-0.1, -0.05) is 35.9 Å². The molecule has 1 fully saturated rings. The van der Waals surface area contributed by atoms with Crippen LogP contribution in [-0.2, 0) is 0 Å². The molecular weight excluding hydrogens is 522 g/mol. The summed E-state index contributed by atoms with van der Waals surface area (Å²) in [6, 6.07) is 31.3. The molecule has 1 aliphatic heterocycles. The quantitative estimate of drug-likeness (QED) is 0.205. The Balaban J connectivity index is 1.33. The van der Waals surface area contributed by atoms with Gasteiger partial charge in [0.2, 0.25) is 0 Å². The third kappa shape index (κ3) is 5.04. The zero-order chi connectivity index (χ0) is 27.6. The van der Waals surface area contributed by atoms with Crippen molar-refractivity contribution in [1.82, 2.24) is 10.3 Å². The molecule has 0 unspecified atom stereocenters. The van der Waals surface area contributed by atoms with Crippen LogP contribution < -0.4 is 15.0 Å². The maximum atomic E-state index is 11.3. The molecule has 1 aliphatic rings. The molecule has 1 saturated heterocycles. The molecule has 8 heteroatoms. The molecule has 2 atom stereocenters. The number of hydrogen-bond acceptors (Lipinski definition) is 5. The van der Waals surface area contributed by atoms with E-state index in [1.54, 1.807) is 30.5 Å². The molecule has 0 amide bonds. The van der Waals surface area contributed by atoms with Crippen molar-refractivity contribution in [2.45, 2.75) is 19.0 Å². The summed E-state index contributed by atoms with van der Waals surface area (Å²) >= 11 is 5.82. The molecule has 0 bridgehead atoms. The van der Waals surface area contributed by atoms with Crippen molar-refractivity contribution in [2.75, 3.05) is 4.90 Å². The van der Waals surface area contributed by atoms with E-state index in [1.807, 2.05) is 90.7 Å². The first kappa shape index (κ1) is 25.3. The highest BCUT2D eigenvalue weighted by atomic mass is 32.1. The number of ether oxygens (including phenoxy) is 1. The Bertz CT molecular complexity index is 1650. The number of furan rings is 1. The number of carboxylic acids is 1. The lowest BCUT2D eigenvalue weighted by molar-refractivity contribution is 0.0697. The van der Waals surface area contributed by atoms with Gasteiger partial charge in [-0.15, -0.1) is 0 Å². The monoisotopic (exact) mass is 547 g/mol. The SMILES string of the molecule is Cc1ccc(Oc2ccc(N3C(=S)N[C@@H](c4ccccn4)[C@H]3c3ccc(-c4ccc(C(=O)O)cc4)o3)cc2)cc1. The van der Waals surface area contributed by atoms with E-state index in [0.29, 0.717) is 22.4 Å². The second-order valence-electron chi connectivity index (χ2n) is 9.49. The van der Waals surface area contributed by atoms with Gasteiger partial charge in [-0.25, -0.2) is 4.79 Å². The summed E-state index contributed by atoms with van der Waals surface area (Å²) in [4.78, 5) is 17.9. The zero-order valence-electron chi connectivity index (χ0n) is 21.5. The zero-order valence-corrected chi connectivity index (χ0v) is 22.3. The number of nitrogens with zero attached hydrogens (tertiary/aromatic N) is 2. The Kier molecular flexibility index (Phi) is 6.76. The van der Waals surface area contributed by atoms with E-state index >= 15 is 0 Å². The Morgan fingerprint density at radius 2 is 1.62 bits per heavy atom. The lowest BCUT2D eigenvalue weighted by atomic mass is 10.0. The first-order valence-corrected chi connectivity index (χ1v) is 13.2. The van der Waals surface area contributed by atoms with Crippen LogP contribution >= 0.6 is 12.2 Å². The molecule has 2 aromatic heterocycles. The van der Waals surface area contributed by atoms with E-state index in [0.717, 1.165) is 22.7 Å². The Morgan fingerprint density at radius 3 is 2.27 bits per heavy atom. The summed E-state index contributed by atoms with van der Waals surface area (Å²) in [6.45, 7) is 2.04. The van der Waals surface area contributed by atoms with E-state index in [2.05, 4.69) is 10.3 Å². The van der Waals surface area contributed by atoms with Crippen molar-refractivity contribution in [2.24, 2.45) is 0 Å². The summed E-state index contributed by atoms with van der Waals surface area (Å²) in [5.41, 5.74) is 3.88. The van der Waals surface area contributed by atoms with E-state index in [9.17, 15) is 9.90 Å². The molecule has 2 N–H and O–H groups in total. The lowest BCUT2D eigenvalue weighted by Crippen LogP contribution is -2.29. The van der Waals surface area contributed by atoms with Crippen molar-refractivity contribution >= 4 is 29.0 Å². The van der Waals surface area contributed by atoms with Crippen LogP contribution in [0, 0.1) is 6.92 Å². The first-order chi connectivity index (χ1) is 19.5. The van der Waals surface area contributed by atoms with Crippen LogP contribution in [0.2, 0.25) is 0 Å². The van der Waals surface area contributed by atoms with Gasteiger partial charge in [0.25, 0.3) is 0 Å².